The van der Waals surface area contributed by atoms with Gasteiger partial charge in [-0.2, -0.15) is 0 Å². The molecule has 0 unspecified atom stereocenters. The van der Waals surface area contributed by atoms with E-state index in [0.29, 0.717) is 21.8 Å². The number of carbonyl (C=O) groups excluding carboxylic acids is 2. The van der Waals surface area contributed by atoms with E-state index in [4.69, 9.17) is 16.3 Å². The molecule has 0 spiro atoms. The number of rotatable bonds is 6. The summed E-state index contributed by atoms with van der Waals surface area (Å²) in [6, 6.07) is 6.91. The Kier molecular flexibility index (Phi) is 6.45. The number of hydrogen-bond acceptors (Lipinski definition) is 4. The molecule has 26 heavy (non-hydrogen) atoms. The summed E-state index contributed by atoms with van der Waals surface area (Å²) >= 11 is 5.94. The van der Waals surface area contributed by atoms with Crippen molar-refractivity contribution in [3.8, 4) is 0 Å². The van der Waals surface area contributed by atoms with Crippen LogP contribution in [0.1, 0.15) is 58.9 Å². The van der Waals surface area contributed by atoms with Crippen molar-refractivity contribution in [3.63, 3.8) is 0 Å². The van der Waals surface area contributed by atoms with Crippen LogP contribution in [0.25, 0.3) is 0 Å². The van der Waals surface area contributed by atoms with Crippen molar-refractivity contribution in [1.82, 2.24) is 10.3 Å². The Bertz CT molecular complexity index is 814. The zero-order valence-corrected chi connectivity index (χ0v) is 16.0. The third-order valence-corrected chi connectivity index (χ3v) is 4.41. The van der Waals surface area contributed by atoms with Crippen molar-refractivity contribution < 1.29 is 19.4 Å². The van der Waals surface area contributed by atoms with Crippen LogP contribution >= 0.6 is 11.6 Å². The van der Waals surface area contributed by atoms with Gasteiger partial charge in [0.15, 0.2) is 6.61 Å². The molecule has 7 heteroatoms. The molecule has 0 aliphatic carbocycles. The minimum absolute atomic E-state index is 0.245. The molecule has 1 heterocycles. The number of H-pyrrole nitrogens is 1. The first kappa shape index (κ1) is 20.0. The fourth-order valence-corrected chi connectivity index (χ4v) is 3.14. The van der Waals surface area contributed by atoms with Crippen molar-refractivity contribution in [3.05, 3.63) is 57.4 Å². The van der Waals surface area contributed by atoms with Gasteiger partial charge >= 0.3 is 5.97 Å². The van der Waals surface area contributed by atoms with Gasteiger partial charge in [-0.25, -0.2) is 4.79 Å². The van der Waals surface area contributed by atoms with Crippen LogP contribution in [0.15, 0.2) is 24.3 Å². The van der Waals surface area contributed by atoms with E-state index >= 15 is 0 Å². The normalized spacial score (nSPS) is 13.2. The highest BCUT2D eigenvalue weighted by Gasteiger charge is 2.21. The molecule has 3 N–H and O–H groups in total. The Balaban J connectivity index is 1.95. The molecule has 2 aromatic rings. The summed E-state index contributed by atoms with van der Waals surface area (Å²) < 4.78 is 5.09. The summed E-state index contributed by atoms with van der Waals surface area (Å²) in [5.74, 6) is -1.05. The van der Waals surface area contributed by atoms with E-state index in [1.807, 2.05) is 13.0 Å². The monoisotopic (exact) mass is 378 g/mol. The molecule has 1 amide bonds. The molecule has 1 aromatic heterocycles. The number of aliphatic hydroxyl groups is 1. The van der Waals surface area contributed by atoms with Crippen LogP contribution in [0.2, 0.25) is 5.02 Å². The highest BCUT2D eigenvalue weighted by atomic mass is 35.5. The van der Waals surface area contributed by atoms with Crippen molar-refractivity contribution in [2.45, 2.75) is 39.8 Å². The van der Waals surface area contributed by atoms with Gasteiger partial charge in [-0.15, -0.1) is 0 Å². The lowest BCUT2D eigenvalue weighted by Crippen LogP contribution is -2.31. The maximum absolute atomic E-state index is 12.2. The number of carbonyl (C=O) groups is 2. The quantitative estimate of drug-likeness (QED) is 0.672. The zero-order valence-electron chi connectivity index (χ0n) is 15.2. The number of benzene rings is 1. The largest absolute Gasteiger partial charge is 0.451 e. The molecule has 2 atom stereocenters. The topological polar surface area (TPSA) is 91.4 Å². The maximum Gasteiger partial charge on any atom is 0.355 e. The molecule has 1 aromatic carbocycles. The fourth-order valence-electron chi connectivity index (χ4n) is 2.94. The van der Waals surface area contributed by atoms with Crippen LogP contribution in [-0.2, 0) is 9.53 Å². The molecule has 0 saturated heterocycles. The minimum Gasteiger partial charge on any atom is -0.451 e. The van der Waals surface area contributed by atoms with E-state index in [1.165, 1.54) is 0 Å². The molecule has 6 nitrogen and oxygen atoms in total. The van der Waals surface area contributed by atoms with E-state index in [1.54, 1.807) is 39.0 Å². The molecular formula is C19H23ClN2O4. The van der Waals surface area contributed by atoms with Gasteiger partial charge in [0.05, 0.1) is 12.1 Å². The number of halogens is 1. The van der Waals surface area contributed by atoms with Crippen LogP contribution in [0, 0.1) is 13.8 Å². The smallest absolute Gasteiger partial charge is 0.355 e. The molecule has 0 aliphatic rings. The van der Waals surface area contributed by atoms with Gasteiger partial charge in [0.1, 0.15) is 5.69 Å². The molecule has 2 rings (SSSR count). The maximum atomic E-state index is 12.2. The molecule has 0 saturated carbocycles. The van der Waals surface area contributed by atoms with Gasteiger partial charge in [0.25, 0.3) is 5.91 Å². The number of esters is 1. The van der Waals surface area contributed by atoms with Crippen LogP contribution in [0.5, 0.6) is 0 Å². The van der Waals surface area contributed by atoms with Crippen molar-refractivity contribution in [1.29, 1.82) is 0 Å². The van der Waals surface area contributed by atoms with Gasteiger partial charge in [-0.1, -0.05) is 23.7 Å². The number of aryl methyl sites for hydroxylation is 1. The summed E-state index contributed by atoms with van der Waals surface area (Å²) in [4.78, 5) is 27.2. The molecule has 140 valence electrons. The number of aromatic amines is 1. The first-order chi connectivity index (χ1) is 12.2. The average molecular weight is 379 g/mol. The van der Waals surface area contributed by atoms with Gasteiger partial charge in [-0.3, -0.25) is 4.79 Å². The van der Waals surface area contributed by atoms with Crippen molar-refractivity contribution in [2.75, 3.05) is 6.61 Å². The van der Waals surface area contributed by atoms with Crippen molar-refractivity contribution in [2.24, 2.45) is 0 Å². The number of ether oxygens (including phenoxy) is 1. The third kappa shape index (κ3) is 4.65. The first-order valence-corrected chi connectivity index (χ1v) is 8.67. The van der Waals surface area contributed by atoms with Gasteiger partial charge in [0, 0.05) is 16.3 Å². The van der Waals surface area contributed by atoms with E-state index in [0.717, 1.165) is 5.56 Å². The molecule has 0 radical (unpaired) electrons. The molecule has 0 fully saturated rings. The summed E-state index contributed by atoms with van der Waals surface area (Å²) in [6.07, 6.45) is -0.699. The van der Waals surface area contributed by atoms with Gasteiger partial charge in [-0.05, 0) is 51.0 Å². The highest BCUT2D eigenvalue weighted by molar-refractivity contribution is 6.30. The number of hydrogen-bond donors (Lipinski definition) is 3. The fraction of sp³-hybridized carbons (Fsp3) is 0.368. The summed E-state index contributed by atoms with van der Waals surface area (Å²) in [5.41, 5.74) is 3.08. The van der Waals surface area contributed by atoms with Crippen LogP contribution in [0.4, 0.5) is 0 Å². The Morgan fingerprint density at radius 3 is 2.58 bits per heavy atom. The second-order valence-corrected chi connectivity index (χ2v) is 6.70. The highest BCUT2D eigenvalue weighted by Crippen LogP contribution is 2.24. The van der Waals surface area contributed by atoms with E-state index < -0.39 is 24.6 Å². The SMILES string of the molecule is Cc1[nH]c(C(=O)OCC(=O)N[C@H](C)c2cccc(Cl)c2)c(C)c1[C@H](C)O. The second kappa shape index (κ2) is 8.38. The average Bonchev–Trinajstić information content (AvgIpc) is 2.87. The van der Waals surface area contributed by atoms with Gasteiger partial charge < -0.3 is 20.1 Å². The zero-order chi connectivity index (χ0) is 19.4. The Morgan fingerprint density at radius 2 is 2.00 bits per heavy atom. The predicted octanol–water partition coefficient (Wildman–Crippen LogP) is 3.37. The summed E-state index contributed by atoms with van der Waals surface area (Å²) in [6.45, 7) is 6.54. The predicted molar refractivity (Wildman–Crippen MR) is 99.2 cm³/mol. The Labute approximate surface area is 157 Å². The number of amides is 1. The van der Waals surface area contributed by atoms with E-state index in [-0.39, 0.29) is 11.7 Å². The first-order valence-electron chi connectivity index (χ1n) is 8.29. The van der Waals surface area contributed by atoms with Gasteiger partial charge in [0.2, 0.25) is 0 Å². The Morgan fingerprint density at radius 1 is 1.31 bits per heavy atom. The molecular weight excluding hydrogens is 356 g/mol. The summed E-state index contributed by atoms with van der Waals surface area (Å²) in [7, 11) is 0. The minimum atomic E-state index is -0.699. The third-order valence-electron chi connectivity index (χ3n) is 4.18. The number of nitrogens with one attached hydrogen (secondary N) is 2. The lowest BCUT2D eigenvalue weighted by molar-refractivity contribution is -0.124. The van der Waals surface area contributed by atoms with Crippen LogP contribution in [0.3, 0.4) is 0 Å². The molecule has 0 bridgehead atoms. The van der Waals surface area contributed by atoms with Crippen molar-refractivity contribution >= 4 is 23.5 Å². The van der Waals surface area contributed by atoms with E-state index in [9.17, 15) is 14.7 Å². The lowest BCUT2D eigenvalue weighted by atomic mass is 10.1. The van der Waals surface area contributed by atoms with Crippen LogP contribution < -0.4 is 5.32 Å². The number of aromatic nitrogens is 1. The van der Waals surface area contributed by atoms with E-state index in [2.05, 4.69) is 10.3 Å². The summed E-state index contributed by atoms with van der Waals surface area (Å²) in [5, 5.41) is 13.1. The second-order valence-electron chi connectivity index (χ2n) is 6.26. The Hall–Kier alpha value is -2.31. The number of aliphatic hydroxyl groups excluding tert-OH is 1. The standard InChI is InChI=1S/C19H23ClN2O4/c1-10-17(13(4)23)12(3)22-18(10)19(25)26-9-16(24)21-11(2)14-6-5-7-15(20)8-14/h5-8,11,13,22-23H,9H2,1-4H3,(H,21,24)/t11-,13+/m1/s1. The molecule has 0 aliphatic heterocycles. The lowest BCUT2D eigenvalue weighted by Gasteiger charge is -2.14. The van der Waals surface area contributed by atoms with Crippen LogP contribution in [-0.4, -0.2) is 28.6 Å².